The number of hydrogen-bond acceptors (Lipinski definition) is 1. The highest BCUT2D eigenvalue weighted by Gasteiger charge is 2.08. The molecule has 1 aromatic carbocycles. The molecule has 1 aromatic heterocycles. The summed E-state index contributed by atoms with van der Waals surface area (Å²) in [5.74, 6) is 0. The van der Waals surface area contributed by atoms with Gasteiger partial charge >= 0.3 is 0 Å². The van der Waals surface area contributed by atoms with Crippen LogP contribution in [0.3, 0.4) is 0 Å². The zero-order valence-electron chi connectivity index (χ0n) is 8.31. The van der Waals surface area contributed by atoms with Gasteiger partial charge in [-0.3, -0.25) is 4.98 Å². The molecule has 0 N–H and O–H groups in total. The number of pyridine rings is 1. The lowest BCUT2D eigenvalue weighted by atomic mass is 10.1. The summed E-state index contributed by atoms with van der Waals surface area (Å²) in [6, 6.07) is 16.0. The third kappa shape index (κ3) is 2.80. The summed E-state index contributed by atoms with van der Waals surface area (Å²) in [7, 11) is 0. The highest BCUT2D eigenvalue weighted by atomic mass is 35.5. The topological polar surface area (TPSA) is 12.9 Å². The van der Waals surface area contributed by atoms with Gasteiger partial charge in [0.1, 0.15) is 0 Å². The molecule has 1 heterocycles. The molecular formula is C13H12ClN. The lowest BCUT2D eigenvalue weighted by Gasteiger charge is -2.08. The molecule has 0 spiro atoms. The predicted molar refractivity (Wildman–Crippen MR) is 63.0 cm³/mol. The van der Waals surface area contributed by atoms with Crippen LogP contribution in [0.1, 0.15) is 16.6 Å². The first-order chi connectivity index (χ1) is 7.36. The highest BCUT2D eigenvalue weighted by molar-refractivity contribution is 6.20. The molecule has 0 radical (unpaired) electrons. The summed E-state index contributed by atoms with van der Waals surface area (Å²) in [6.07, 6.45) is 2.57. The number of rotatable bonds is 3. The summed E-state index contributed by atoms with van der Waals surface area (Å²) in [4.78, 5) is 4.26. The van der Waals surface area contributed by atoms with E-state index in [1.807, 2.05) is 48.5 Å². The second kappa shape index (κ2) is 4.94. The van der Waals surface area contributed by atoms with Crippen molar-refractivity contribution >= 4 is 11.6 Å². The van der Waals surface area contributed by atoms with Crippen molar-refractivity contribution in [2.75, 3.05) is 0 Å². The Kier molecular flexibility index (Phi) is 3.36. The molecule has 0 fully saturated rings. The molecule has 2 heteroatoms. The van der Waals surface area contributed by atoms with Crippen LogP contribution in [0.2, 0.25) is 0 Å². The van der Waals surface area contributed by atoms with Crippen molar-refractivity contribution in [3.05, 3.63) is 66.0 Å². The second-order valence-corrected chi connectivity index (χ2v) is 3.93. The van der Waals surface area contributed by atoms with Gasteiger partial charge < -0.3 is 0 Å². The van der Waals surface area contributed by atoms with Crippen LogP contribution in [0.25, 0.3) is 0 Å². The summed E-state index contributed by atoms with van der Waals surface area (Å²) in [5, 5.41) is 0.00102. The van der Waals surface area contributed by atoms with E-state index in [9.17, 15) is 0 Å². The van der Waals surface area contributed by atoms with E-state index in [-0.39, 0.29) is 5.38 Å². The normalized spacial score (nSPS) is 12.3. The van der Waals surface area contributed by atoms with Crippen molar-refractivity contribution < 1.29 is 0 Å². The maximum Gasteiger partial charge on any atom is 0.0640 e. The van der Waals surface area contributed by atoms with Gasteiger partial charge in [-0.25, -0.2) is 0 Å². The Morgan fingerprint density at radius 1 is 1.00 bits per heavy atom. The fourth-order valence-corrected chi connectivity index (χ4v) is 1.79. The van der Waals surface area contributed by atoms with Gasteiger partial charge in [0.25, 0.3) is 0 Å². The minimum atomic E-state index is 0.00102. The molecule has 0 aliphatic carbocycles. The molecular weight excluding hydrogens is 206 g/mol. The number of nitrogens with zero attached hydrogens (tertiary/aromatic N) is 1. The average Bonchev–Trinajstić information content (AvgIpc) is 2.31. The predicted octanol–water partition coefficient (Wildman–Crippen LogP) is 3.60. The van der Waals surface area contributed by atoms with E-state index < -0.39 is 0 Å². The van der Waals surface area contributed by atoms with E-state index in [4.69, 9.17) is 11.6 Å². The van der Waals surface area contributed by atoms with Crippen molar-refractivity contribution in [1.29, 1.82) is 0 Å². The summed E-state index contributed by atoms with van der Waals surface area (Å²) >= 11 is 6.30. The van der Waals surface area contributed by atoms with Gasteiger partial charge in [-0.05, 0) is 17.7 Å². The van der Waals surface area contributed by atoms with Gasteiger partial charge in [0.15, 0.2) is 0 Å². The third-order valence-corrected chi connectivity index (χ3v) is 2.68. The number of benzene rings is 1. The van der Waals surface area contributed by atoms with Crippen LogP contribution in [0.5, 0.6) is 0 Å². The summed E-state index contributed by atoms with van der Waals surface area (Å²) < 4.78 is 0. The molecule has 76 valence electrons. The molecule has 1 nitrogen and oxygen atoms in total. The fraction of sp³-hybridized carbons (Fsp3) is 0.154. The van der Waals surface area contributed by atoms with Crippen molar-refractivity contribution in [3.63, 3.8) is 0 Å². The highest BCUT2D eigenvalue weighted by Crippen LogP contribution is 2.23. The first-order valence-corrected chi connectivity index (χ1v) is 5.39. The summed E-state index contributed by atoms with van der Waals surface area (Å²) in [6.45, 7) is 0. The first-order valence-electron chi connectivity index (χ1n) is 4.95. The number of hydrogen-bond donors (Lipinski definition) is 0. The standard InChI is InChI=1S/C13H12ClN/c14-13(11-6-2-1-3-7-11)10-12-8-4-5-9-15-12/h1-9,13H,10H2. The van der Waals surface area contributed by atoms with Crippen molar-refractivity contribution in [2.45, 2.75) is 11.8 Å². The van der Waals surface area contributed by atoms with Crippen LogP contribution in [0.15, 0.2) is 54.7 Å². The lowest BCUT2D eigenvalue weighted by Crippen LogP contribution is -1.97. The Morgan fingerprint density at radius 3 is 2.40 bits per heavy atom. The molecule has 2 rings (SSSR count). The van der Waals surface area contributed by atoms with E-state index in [0.29, 0.717) is 0 Å². The van der Waals surface area contributed by atoms with Gasteiger partial charge in [0, 0.05) is 18.3 Å². The monoisotopic (exact) mass is 217 g/mol. The Labute approximate surface area is 94.7 Å². The van der Waals surface area contributed by atoms with Crippen molar-refractivity contribution in [1.82, 2.24) is 4.98 Å². The van der Waals surface area contributed by atoms with Gasteiger partial charge in [-0.2, -0.15) is 0 Å². The minimum Gasteiger partial charge on any atom is -0.261 e. The van der Waals surface area contributed by atoms with Crippen molar-refractivity contribution in [3.8, 4) is 0 Å². The molecule has 0 aliphatic heterocycles. The van der Waals surface area contributed by atoms with E-state index in [1.165, 1.54) is 0 Å². The Hall–Kier alpha value is -1.34. The Morgan fingerprint density at radius 2 is 1.73 bits per heavy atom. The smallest absolute Gasteiger partial charge is 0.0640 e. The molecule has 2 aromatic rings. The Balaban J connectivity index is 2.08. The molecule has 0 aliphatic rings. The van der Waals surface area contributed by atoms with Crippen LogP contribution in [-0.4, -0.2) is 4.98 Å². The number of alkyl halides is 1. The second-order valence-electron chi connectivity index (χ2n) is 3.40. The zero-order chi connectivity index (χ0) is 10.5. The zero-order valence-corrected chi connectivity index (χ0v) is 9.06. The largest absolute Gasteiger partial charge is 0.261 e. The van der Waals surface area contributed by atoms with Crippen LogP contribution >= 0.6 is 11.6 Å². The molecule has 1 atom stereocenters. The molecule has 0 saturated carbocycles. The lowest BCUT2D eigenvalue weighted by molar-refractivity contribution is 0.881. The average molecular weight is 218 g/mol. The van der Waals surface area contributed by atoms with Crippen LogP contribution < -0.4 is 0 Å². The molecule has 0 saturated heterocycles. The van der Waals surface area contributed by atoms with Crippen molar-refractivity contribution in [2.24, 2.45) is 0 Å². The minimum absolute atomic E-state index is 0.00102. The van der Waals surface area contributed by atoms with Crippen LogP contribution in [0, 0.1) is 0 Å². The first kappa shape index (κ1) is 10.2. The quantitative estimate of drug-likeness (QED) is 0.716. The molecule has 15 heavy (non-hydrogen) atoms. The van der Waals surface area contributed by atoms with Gasteiger partial charge in [-0.15, -0.1) is 11.6 Å². The molecule has 0 bridgehead atoms. The maximum atomic E-state index is 6.30. The number of aromatic nitrogens is 1. The Bertz CT molecular complexity index is 399. The van der Waals surface area contributed by atoms with Gasteiger partial charge in [0.05, 0.1) is 5.38 Å². The number of halogens is 1. The molecule has 1 unspecified atom stereocenters. The fourth-order valence-electron chi connectivity index (χ4n) is 1.48. The van der Waals surface area contributed by atoms with Crippen LogP contribution in [0.4, 0.5) is 0 Å². The third-order valence-electron chi connectivity index (χ3n) is 2.28. The van der Waals surface area contributed by atoms with Gasteiger partial charge in [-0.1, -0.05) is 36.4 Å². The molecule has 0 amide bonds. The van der Waals surface area contributed by atoms with Gasteiger partial charge in [0.2, 0.25) is 0 Å². The maximum absolute atomic E-state index is 6.30. The van der Waals surface area contributed by atoms with Crippen LogP contribution in [-0.2, 0) is 6.42 Å². The summed E-state index contributed by atoms with van der Waals surface area (Å²) in [5.41, 5.74) is 2.17. The van der Waals surface area contributed by atoms with E-state index in [0.717, 1.165) is 17.7 Å². The SMILES string of the molecule is ClC(Cc1ccccn1)c1ccccc1. The van der Waals surface area contributed by atoms with E-state index in [1.54, 1.807) is 6.20 Å². The van der Waals surface area contributed by atoms with E-state index in [2.05, 4.69) is 4.98 Å². The van der Waals surface area contributed by atoms with E-state index >= 15 is 0 Å².